The van der Waals surface area contributed by atoms with E-state index in [1.807, 2.05) is 12.1 Å². The van der Waals surface area contributed by atoms with Crippen molar-refractivity contribution >= 4 is 45.3 Å². The number of nitrogens with one attached hydrogen (secondary N) is 2. The van der Waals surface area contributed by atoms with E-state index in [1.54, 1.807) is 70.7 Å². The molecule has 4 aromatic rings. The van der Waals surface area contributed by atoms with Crippen LogP contribution in [0.15, 0.2) is 46.0 Å². The molecule has 10 nitrogen and oxygen atoms in total. The second-order valence-corrected chi connectivity index (χ2v) is 9.75. The Labute approximate surface area is 207 Å². The second-order valence-electron chi connectivity index (χ2n) is 9.75. The number of anilines is 2. The van der Waals surface area contributed by atoms with Gasteiger partial charge in [-0.1, -0.05) is 6.42 Å². The Kier molecular flexibility index (Phi) is 5.82. The first-order chi connectivity index (χ1) is 17.2. The van der Waals surface area contributed by atoms with Crippen LogP contribution in [0.25, 0.3) is 22.1 Å². The number of nitrogens with zero attached hydrogens (tertiary/aromatic N) is 4. The maximum absolute atomic E-state index is 13.1. The van der Waals surface area contributed by atoms with Crippen LogP contribution in [0.3, 0.4) is 0 Å². The topological polar surface area (TPSA) is 112 Å². The van der Waals surface area contributed by atoms with E-state index in [1.165, 1.54) is 0 Å². The molecule has 1 fully saturated rings. The molecule has 188 valence electrons. The average molecular weight is 491 g/mol. The van der Waals surface area contributed by atoms with Crippen molar-refractivity contribution < 1.29 is 9.59 Å². The summed E-state index contributed by atoms with van der Waals surface area (Å²) in [4.78, 5) is 50.5. The highest BCUT2D eigenvalue weighted by Crippen LogP contribution is 2.31. The fourth-order valence-electron chi connectivity index (χ4n) is 5.32. The van der Waals surface area contributed by atoms with E-state index in [0.29, 0.717) is 17.8 Å². The maximum atomic E-state index is 13.1. The van der Waals surface area contributed by atoms with Gasteiger partial charge in [0.25, 0.3) is 0 Å². The molecule has 2 heterocycles. The van der Waals surface area contributed by atoms with Gasteiger partial charge in [-0.3, -0.25) is 27.9 Å². The van der Waals surface area contributed by atoms with Crippen molar-refractivity contribution in [2.75, 3.05) is 10.6 Å². The molecule has 10 heteroatoms. The molecular formula is C26H30N6O4. The second kappa shape index (κ2) is 8.85. The van der Waals surface area contributed by atoms with E-state index in [2.05, 4.69) is 10.6 Å². The number of carbonyl (C=O) groups is 2. The molecule has 36 heavy (non-hydrogen) atoms. The van der Waals surface area contributed by atoms with Gasteiger partial charge in [0.2, 0.25) is 11.8 Å². The number of rotatable bonds is 4. The van der Waals surface area contributed by atoms with Gasteiger partial charge < -0.3 is 10.6 Å². The van der Waals surface area contributed by atoms with Crippen LogP contribution in [-0.4, -0.2) is 30.1 Å². The number of hydrogen-bond donors (Lipinski definition) is 2. The SMILES string of the molecule is Cn1c(=O)n(C)c2cc(NC(=O)C3CCCC(C(=O)Nc4ccc5c(c4)n(C)c(=O)n5C)C3)ccc21. The lowest BCUT2D eigenvalue weighted by Crippen LogP contribution is -2.33. The molecule has 2 N–H and O–H groups in total. The summed E-state index contributed by atoms with van der Waals surface area (Å²) >= 11 is 0. The Morgan fingerprint density at radius 2 is 1.06 bits per heavy atom. The summed E-state index contributed by atoms with van der Waals surface area (Å²) in [6.07, 6.45) is 2.70. The van der Waals surface area contributed by atoms with Gasteiger partial charge in [0, 0.05) is 51.4 Å². The molecule has 0 saturated heterocycles. The molecule has 0 aliphatic heterocycles. The average Bonchev–Trinajstić information content (AvgIpc) is 3.23. The Morgan fingerprint density at radius 1 is 0.667 bits per heavy atom. The number of fused-ring (bicyclic) bond motifs is 2. The summed E-state index contributed by atoms with van der Waals surface area (Å²) < 4.78 is 6.24. The third kappa shape index (κ3) is 3.92. The summed E-state index contributed by atoms with van der Waals surface area (Å²) in [6.45, 7) is 0. The van der Waals surface area contributed by atoms with Gasteiger partial charge in [0.1, 0.15) is 0 Å². The molecule has 2 amide bonds. The lowest BCUT2D eigenvalue weighted by molar-refractivity contribution is -0.124. The first-order valence-corrected chi connectivity index (χ1v) is 12.1. The van der Waals surface area contributed by atoms with E-state index in [0.717, 1.165) is 41.3 Å². The number of benzene rings is 2. The van der Waals surface area contributed by atoms with Gasteiger partial charge in [-0.15, -0.1) is 0 Å². The number of imidazole rings is 2. The number of hydrogen-bond acceptors (Lipinski definition) is 4. The molecule has 5 rings (SSSR count). The van der Waals surface area contributed by atoms with E-state index in [9.17, 15) is 19.2 Å². The predicted octanol–water partition coefficient (Wildman–Crippen LogP) is 2.45. The van der Waals surface area contributed by atoms with Crippen molar-refractivity contribution in [1.29, 1.82) is 0 Å². The highest BCUT2D eigenvalue weighted by atomic mass is 16.2. The molecule has 2 aromatic carbocycles. The minimum Gasteiger partial charge on any atom is -0.326 e. The van der Waals surface area contributed by atoms with Crippen LogP contribution < -0.4 is 22.0 Å². The Morgan fingerprint density at radius 3 is 1.47 bits per heavy atom. The van der Waals surface area contributed by atoms with Crippen molar-refractivity contribution in [1.82, 2.24) is 18.3 Å². The predicted molar refractivity (Wildman–Crippen MR) is 139 cm³/mol. The van der Waals surface area contributed by atoms with E-state index < -0.39 is 0 Å². The lowest BCUT2D eigenvalue weighted by atomic mass is 9.80. The molecule has 2 unspecified atom stereocenters. The smallest absolute Gasteiger partial charge is 0.326 e. The Bertz CT molecular complexity index is 1520. The van der Waals surface area contributed by atoms with Crippen molar-refractivity contribution in [3.8, 4) is 0 Å². The molecule has 1 saturated carbocycles. The first-order valence-electron chi connectivity index (χ1n) is 12.1. The normalized spacial score (nSPS) is 18.0. The number of aryl methyl sites for hydroxylation is 4. The summed E-state index contributed by atoms with van der Waals surface area (Å²) in [7, 11) is 6.84. The summed E-state index contributed by atoms with van der Waals surface area (Å²) in [6, 6.07) is 10.8. The van der Waals surface area contributed by atoms with E-state index >= 15 is 0 Å². The highest BCUT2D eigenvalue weighted by molar-refractivity contribution is 5.97. The highest BCUT2D eigenvalue weighted by Gasteiger charge is 2.31. The first kappa shape index (κ1) is 23.7. The van der Waals surface area contributed by atoms with Crippen LogP contribution in [0.1, 0.15) is 25.7 Å². The molecule has 1 aliphatic carbocycles. The molecule has 2 aromatic heterocycles. The minimum absolute atomic E-state index is 0.117. The zero-order chi connectivity index (χ0) is 25.7. The van der Waals surface area contributed by atoms with E-state index in [-0.39, 0.29) is 35.0 Å². The van der Waals surface area contributed by atoms with Gasteiger partial charge in [-0.2, -0.15) is 0 Å². The van der Waals surface area contributed by atoms with Crippen LogP contribution in [0.4, 0.5) is 11.4 Å². The Balaban J connectivity index is 1.27. The third-order valence-electron chi connectivity index (χ3n) is 7.49. The fourth-order valence-corrected chi connectivity index (χ4v) is 5.32. The molecule has 2 atom stereocenters. The largest absolute Gasteiger partial charge is 0.328 e. The Hall–Kier alpha value is -4.08. The van der Waals surface area contributed by atoms with Crippen molar-refractivity contribution in [2.45, 2.75) is 25.7 Å². The van der Waals surface area contributed by atoms with Crippen molar-refractivity contribution in [3.63, 3.8) is 0 Å². The number of amides is 2. The molecular weight excluding hydrogens is 460 g/mol. The van der Waals surface area contributed by atoms with Crippen LogP contribution >= 0.6 is 0 Å². The van der Waals surface area contributed by atoms with Gasteiger partial charge in [-0.05, 0) is 55.7 Å². The summed E-state index contributed by atoms with van der Waals surface area (Å²) in [5.74, 6) is -0.786. The third-order valence-corrected chi connectivity index (χ3v) is 7.49. The van der Waals surface area contributed by atoms with Gasteiger partial charge in [0.15, 0.2) is 0 Å². The van der Waals surface area contributed by atoms with Gasteiger partial charge >= 0.3 is 11.4 Å². The van der Waals surface area contributed by atoms with Crippen LogP contribution in [0, 0.1) is 11.8 Å². The lowest BCUT2D eigenvalue weighted by Gasteiger charge is -2.27. The van der Waals surface area contributed by atoms with Crippen LogP contribution in [0.5, 0.6) is 0 Å². The van der Waals surface area contributed by atoms with Crippen molar-refractivity contribution in [2.24, 2.45) is 40.0 Å². The number of carbonyl (C=O) groups excluding carboxylic acids is 2. The maximum Gasteiger partial charge on any atom is 0.328 e. The van der Waals surface area contributed by atoms with Crippen LogP contribution in [-0.2, 0) is 37.8 Å². The minimum atomic E-state index is -0.276. The molecule has 0 spiro atoms. The quantitative estimate of drug-likeness (QED) is 0.458. The van der Waals surface area contributed by atoms with Gasteiger partial charge in [0.05, 0.1) is 22.1 Å². The molecule has 0 radical (unpaired) electrons. The zero-order valence-corrected chi connectivity index (χ0v) is 20.9. The van der Waals surface area contributed by atoms with Crippen LogP contribution in [0.2, 0.25) is 0 Å². The standard InChI is InChI=1S/C26H30N6O4/c1-29-19-10-8-17(13-21(19)31(3)25(29)35)27-23(33)15-6-5-7-16(12-15)24(34)28-18-9-11-20-22(14-18)32(4)26(36)30(20)2/h8-11,13-16H,5-7,12H2,1-4H3,(H,27,33)(H,28,34). The molecule has 1 aliphatic rings. The fraction of sp³-hybridized carbons (Fsp3) is 0.385. The van der Waals surface area contributed by atoms with Crippen molar-refractivity contribution in [3.05, 3.63) is 57.4 Å². The number of aromatic nitrogens is 4. The van der Waals surface area contributed by atoms with Gasteiger partial charge in [-0.25, -0.2) is 9.59 Å². The van der Waals surface area contributed by atoms with E-state index in [4.69, 9.17) is 0 Å². The monoisotopic (exact) mass is 490 g/mol. The zero-order valence-electron chi connectivity index (χ0n) is 20.9. The summed E-state index contributed by atoms with van der Waals surface area (Å²) in [5.41, 5.74) is 4.09. The summed E-state index contributed by atoms with van der Waals surface area (Å²) in [5, 5.41) is 5.95. The molecule has 0 bridgehead atoms.